The summed E-state index contributed by atoms with van der Waals surface area (Å²) >= 11 is 0. The zero-order chi connectivity index (χ0) is 16.4. The van der Waals surface area contributed by atoms with Crippen LogP contribution in [0.5, 0.6) is 0 Å². The summed E-state index contributed by atoms with van der Waals surface area (Å²) in [4.78, 5) is 9.93. The van der Waals surface area contributed by atoms with Crippen LogP contribution in [0, 0.1) is 0 Å². The van der Waals surface area contributed by atoms with Crippen LogP contribution in [-0.2, 0) is 11.3 Å². The van der Waals surface area contributed by atoms with E-state index in [1.54, 1.807) is 18.0 Å². The molecule has 8 heteroatoms. The molecule has 3 heterocycles. The molecule has 1 unspecified atom stereocenters. The summed E-state index contributed by atoms with van der Waals surface area (Å²) in [7, 11) is 1.75. The lowest BCUT2D eigenvalue weighted by Crippen LogP contribution is -2.27. The Morgan fingerprint density at radius 1 is 1.29 bits per heavy atom. The Kier molecular flexibility index (Phi) is 4.06. The van der Waals surface area contributed by atoms with Crippen molar-refractivity contribution in [2.24, 2.45) is 0 Å². The van der Waals surface area contributed by atoms with Crippen LogP contribution in [0.15, 0.2) is 42.7 Å². The number of aromatic amines is 1. The molecule has 4 rings (SSSR count). The maximum atomic E-state index is 5.56. The van der Waals surface area contributed by atoms with Gasteiger partial charge in [0, 0.05) is 26.0 Å². The molecular formula is C16H19N7O. The molecular weight excluding hydrogens is 306 g/mol. The van der Waals surface area contributed by atoms with Gasteiger partial charge < -0.3 is 9.72 Å². The number of imidazole rings is 1. The molecule has 1 fully saturated rings. The van der Waals surface area contributed by atoms with Gasteiger partial charge in [-0.3, -0.25) is 4.90 Å². The van der Waals surface area contributed by atoms with Gasteiger partial charge in [0.1, 0.15) is 5.82 Å². The minimum atomic E-state index is 0.172. The molecule has 1 aliphatic rings. The van der Waals surface area contributed by atoms with Crippen LogP contribution in [0.4, 0.5) is 0 Å². The number of methoxy groups -OCH3 is 1. The molecule has 24 heavy (non-hydrogen) atoms. The van der Waals surface area contributed by atoms with E-state index >= 15 is 0 Å². The highest BCUT2D eigenvalue weighted by Gasteiger charge is 2.35. The summed E-state index contributed by atoms with van der Waals surface area (Å²) in [6.45, 7) is 1.45. The van der Waals surface area contributed by atoms with Crippen LogP contribution in [0.1, 0.15) is 24.1 Å². The molecule has 3 aromatic rings. The number of aromatic nitrogens is 6. The molecule has 2 atom stereocenters. The lowest BCUT2D eigenvalue weighted by molar-refractivity contribution is 0.107. The Bertz CT molecular complexity index is 771. The maximum Gasteiger partial charge on any atom is 0.170 e. The average Bonchev–Trinajstić information content (AvgIpc) is 3.36. The number of nitrogens with one attached hydrogen (secondary N) is 1. The normalized spacial score (nSPS) is 21.4. The van der Waals surface area contributed by atoms with E-state index in [2.05, 4.69) is 30.4 Å². The van der Waals surface area contributed by atoms with Crippen molar-refractivity contribution in [3.8, 4) is 5.69 Å². The van der Waals surface area contributed by atoms with Gasteiger partial charge in [0.25, 0.3) is 0 Å². The Balaban J connectivity index is 1.59. The van der Waals surface area contributed by atoms with Crippen molar-refractivity contribution in [1.82, 2.24) is 35.1 Å². The standard InChI is InChI=1S/C16H19N7O/c1-24-13-9-14(16-17-7-8-18-16)22(10-13)11-15-19-20-21-23(15)12-5-3-2-4-6-12/h2-8,13-14H,9-11H2,1H3,(H,17,18)/t13-,14?/m1/s1. The first-order chi connectivity index (χ1) is 11.8. The third kappa shape index (κ3) is 2.81. The molecule has 0 bridgehead atoms. The van der Waals surface area contributed by atoms with Crippen molar-refractivity contribution in [1.29, 1.82) is 0 Å². The molecule has 8 nitrogen and oxygen atoms in total. The van der Waals surface area contributed by atoms with E-state index in [0.29, 0.717) is 6.54 Å². The summed E-state index contributed by atoms with van der Waals surface area (Å²) in [6.07, 6.45) is 4.71. The summed E-state index contributed by atoms with van der Waals surface area (Å²) < 4.78 is 7.34. The van der Waals surface area contributed by atoms with Gasteiger partial charge in [0.05, 0.1) is 24.4 Å². The molecule has 124 valence electrons. The van der Waals surface area contributed by atoms with Crippen molar-refractivity contribution in [3.05, 3.63) is 54.4 Å². The third-order valence-electron chi connectivity index (χ3n) is 4.41. The smallest absolute Gasteiger partial charge is 0.170 e. The third-order valence-corrected chi connectivity index (χ3v) is 4.41. The Morgan fingerprint density at radius 3 is 2.92 bits per heavy atom. The van der Waals surface area contributed by atoms with Gasteiger partial charge in [-0.15, -0.1) is 5.10 Å². The number of likely N-dealkylation sites (tertiary alicyclic amines) is 1. The van der Waals surface area contributed by atoms with Crippen LogP contribution < -0.4 is 0 Å². The predicted molar refractivity (Wildman–Crippen MR) is 86.3 cm³/mol. The number of hydrogen-bond acceptors (Lipinski definition) is 6. The van der Waals surface area contributed by atoms with E-state index in [4.69, 9.17) is 4.74 Å². The van der Waals surface area contributed by atoms with Gasteiger partial charge in [-0.1, -0.05) is 18.2 Å². The molecule has 1 N–H and O–H groups in total. The van der Waals surface area contributed by atoms with E-state index in [-0.39, 0.29) is 12.1 Å². The zero-order valence-electron chi connectivity index (χ0n) is 13.4. The first-order valence-corrected chi connectivity index (χ1v) is 7.94. The first-order valence-electron chi connectivity index (χ1n) is 7.94. The van der Waals surface area contributed by atoms with Crippen molar-refractivity contribution in [2.75, 3.05) is 13.7 Å². The highest BCUT2D eigenvalue weighted by Crippen LogP contribution is 2.32. The summed E-state index contributed by atoms with van der Waals surface area (Å²) in [5, 5.41) is 12.2. The van der Waals surface area contributed by atoms with Crippen molar-refractivity contribution in [3.63, 3.8) is 0 Å². The van der Waals surface area contributed by atoms with Crippen LogP contribution in [0.3, 0.4) is 0 Å². The number of hydrogen-bond donors (Lipinski definition) is 1. The fraction of sp³-hybridized carbons (Fsp3) is 0.375. The largest absolute Gasteiger partial charge is 0.380 e. The fourth-order valence-electron chi connectivity index (χ4n) is 3.21. The van der Waals surface area contributed by atoms with Crippen LogP contribution in [-0.4, -0.2) is 54.8 Å². The van der Waals surface area contributed by atoms with Gasteiger partial charge in [0.15, 0.2) is 5.82 Å². The topological polar surface area (TPSA) is 84.8 Å². The fourth-order valence-corrected chi connectivity index (χ4v) is 3.21. The molecule has 0 radical (unpaired) electrons. The van der Waals surface area contributed by atoms with E-state index in [9.17, 15) is 0 Å². The monoisotopic (exact) mass is 325 g/mol. The van der Waals surface area contributed by atoms with Crippen LogP contribution >= 0.6 is 0 Å². The summed E-state index contributed by atoms with van der Waals surface area (Å²) in [5.41, 5.74) is 0.953. The predicted octanol–water partition coefficient (Wildman–Crippen LogP) is 1.35. The van der Waals surface area contributed by atoms with Crippen molar-refractivity contribution < 1.29 is 4.74 Å². The zero-order valence-corrected chi connectivity index (χ0v) is 13.4. The Labute approximate surface area is 139 Å². The molecule has 0 aliphatic carbocycles. The quantitative estimate of drug-likeness (QED) is 0.762. The minimum absolute atomic E-state index is 0.172. The number of ether oxygens (including phenoxy) is 1. The number of H-pyrrole nitrogens is 1. The number of nitrogens with zero attached hydrogens (tertiary/aromatic N) is 6. The second-order valence-corrected chi connectivity index (χ2v) is 5.86. The number of benzene rings is 1. The molecule has 0 spiro atoms. The van der Waals surface area contributed by atoms with E-state index < -0.39 is 0 Å². The Morgan fingerprint density at radius 2 is 2.17 bits per heavy atom. The number of tetrazole rings is 1. The van der Waals surface area contributed by atoms with Gasteiger partial charge >= 0.3 is 0 Å². The van der Waals surface area contributed by atoms with Gasteiger partial charge in [-0.05, 0) is 29.0 Å². The van der Waals surface area contributed by atoms with Crippen LogP contribution in [0.2, 0.25) is 0 Å². The highest BCUT2D eigenvalue weighted by molar-refractivity contribution is 5.30. The molecule has 1 aliphatic heterocycles. The van der Waals surface area contributed by atoms with Gasteiger partial charge in [-0.25, -0.2) is 4.98 Å². The van der Waals surface area contributed by atoms with Gasteiger partial charge in [0.2, 0.25) is 0 Å². The molecule has 2 aromatic heterocycles. The number of para-hydroxylation sites is 1. The van der Waals surface area contributed by atoms with Crippen molar-refractivity contribution in [2.45, 2.75) is 25.1 Å². The first kappa shape index (κ1) is 15.0. The van der Waals surface area contributed by atoms with Crippen LogP contribution in [0.25, 0.3) is 5.69 Å². The molecule has 1 saturated heterocycles. The van der Waals surface area contributed by atoms with E-state index in [0.717, 1.165) is 30.3 Å². The second kappa shape index (κ2) is 6.50. The highest BCUT2D eigenvalue weighted by atomic mass is 16.5. The van der Waals surface area contributed by atoms with E-state index in [1.807, 2.05) is 36.5 Å². The lowest BCUT2D eigenvalue weighted by atomic mass is 10.2. The molecule has 0 saturated carbocycles. The minimum Gasteiger partial charge on any atom is -0.380 e. The SMILES string of the molecule is CO[C@@H]1CC(c2ncc[nH]2)N(Cc2nnnn2-c2ccccc2)C1. The summed E-state index contributed by atoms with van der Waals surface area (Å²) in [5.74, 6) is 1.75. The second-order valence-electron chi connectivity index (χ2n) is 5.86. The van der Waals surface area contributed by atoms with E-state index in [1.165, 1.54) is 0 Å². The lowest BCUT2D eigenvalue weighted by Gasteiger charge is -2.21. The van der Waals surface area contributed by atoms with Gasteiger partial charge in [-0.2, -0.15) is 4.68 Å². The average molecular weight is 325 g/mol. The number of rotatable bonds is 5. The Hall–Kier alpha value is -2.58. The molecule has 1 aromatic carbocycles. The van der Waals surface area contributed by atoms with Crippen molar-refractivity contribution >= 4 is 0 Å². The summed E-state index contributed by atoms with van der Waals surface area (Å²) in [6, 6.07) is 10.1. The maximum absolute atomic E-state index is 5.56. The molecule has 0 amide bonds.